The van der Waals surface area contributed by atoms with Gasteiger partial charge in [-0.3, -0.25) is 4.90 Å². The van der Waals surface area contributed by atoms with E-state index < -0.39 is 0 Å². The maximum Gasteiger partial charge on any atom is 0.322 e. The summed E-state index contributed by atoms with van der Waals surface area (Å²) in [6.45, 7) is 6.45. The van der Waals surface area contributed by atoms with E-state index in [1.54, 1.807) is 0 Å². The van der Waals surface area contributed by atoms with E-state index in [1.807, 2.05) is 0 Å². The van der Waals surface area contributed by atoms with E-state index in [-0.39, 0.29) is 23.0 Å². The number of carbonyl (C=O) groups excluding carboxylic acids is 1. The van der Waals surface area contributed by atoms with Crippen LogP contribution in [-0.2, 0) is 5.41 Å². The highest BCUT2D eigenvalue weighted by Crippen LogP contribution is 2.62. The summed E-state index contributed by atoms with van der Waals surface area (Å²) in [5, 5.41) is 3.75. The number of likely N-dealkylation sites (N-methyl/N-ethyl adjacent to an activating group) is 1. The number of likely N-dealkylation sites (tertiary alicyclic amines) is 1. The molecule has 4 heteroatoms. The van der Waals surface area contributed by atoms with Crippen LogP contribution in [0.2, 0.25) is 0 Å². The van der Waals surface area contributed by atoms with Crippen molar-refractivity contribution in [1.29, 1.82) is 0 Å². The molecule has 1 saturated heterocycles. The first-order valence-corrected chi connectivity index (χ1v) is 13.8. The molecule has 0 aromatic heterocycles. The molecule has 0 radical (unpaired) electrons. The van der Waals surface area contributed by atoms with Gasteiger partial charge in [0.1, 0.15) is 0 Å². The second-order valence-electron chi connectivity index (χ2n) is 13.0. The summed E-state index contributed by atoms with van der Waals surface area (Å²) in [5.74, 6) is 1.90. The molecule has 1 N–H and O–H groups in total. The minimum Gasteiger partial charge on any atom is -0.332 e. The van der Waals surface area contributed by atoms with Crippen LogP contribution in [0.4, 0.5) is 10.5 Å². The number of hydrogen-bond donors (Lipinski definition) is 1. The van der Waals surface area contributed by atoms with E-state index in [4.69, 9.17) is 0 Å². The molecule has 5 fully saturated rings. The number of rotatable bonds is 2. The summed E-state index contributed by atoms with van der Waals surface area (Å²) in [5.41, 5.74) is 6.83. The van der Waals surface area contributed by atoms with Gasteiger partial charge in [0.2, 0.25) is 0 Å². The fourth-order valence-electron chi connectivity index (χ4n) is 9.29. The lowest BCUT2D eigenvalue weighted by Gasteiger charge is -2.62. The molecule has 2 aromatic rings. The zero-order valence-electron chi connectivity index (χ0n) is 21.5. The number of fused-ring (bicyclic) bond motifs is 3. The monoisotopic (exact) mass is 469 g/mol. The minimum atomic E-state index is -0.0551. The normalized spacial score (nSPS) is 37.3. The van der Waals surface area contributed by atoms with Crippen molar-refractivity contribution < 1.29 is 4.79 Å². The number of piperidine rings is 1. The Kier molecular flexibility index (Phi) is 4.75. The van der Waals surface area contributed by atoms with Gasteiger partial charge in [-0.2, -0.15) is 0 Å². The number of anilines is 1. The van der Waals surface area contributed by atoms with Crippen LogP contribution in [0, 0.1) is 25.7 Å². The quantitative estimate of drug-likeness (QED) is 0.593. The Bertz CT molecular complexity index is 1160. The summed E-state index contributed by atoms with van der Waals surface area (Å²) < 4.78 is 0. The predicted octanol–water partition coefficient (Wildman–Crippen LogP) is 5.91. The van der Waals surface area contributed by atoms with Crippen LogP contribution in [0.1, 0.15) is 73.1 Å². The first-order chi connectivity index (χ1) is 16.8. The molecule has 4 atom stereocenters. The van der Waals surface area contributed by atoms with Crippen molar-refractivity contribution in [3.05, 3.63) is 64.7 Å². The van der Waals surface area contributed by atoms with Crippen LogP contribution in [0.25, 0.3) is 0 Å². The highest BCUT2D eigenvalue weighted by atomic mass is 16.2. The van der Waals surface area contributed by atoms with Gasteiger partial charge in [0.25, 0.3) is 0 Å². The van der Waals surface area contributed by atoms with Crippen molar-refractivity contribution >= 4 is 11.7 Å². The average molecular weight is 470 g/mol. The summed E-state index contributed by atoms with van der Waals surface area (Å²) >= 11 is 0. The summed E-state index contributed by atoms with van der Waals surface area (Å²) in [7, 11) is 2.22. The summed E-state index contributed by atoms with van der Waals surface area (Å²) in [6.07, 6.45) is 8.43. The zero-order valence-corrected chi connectivity index (χ0v) is 21.5. The first-order valence-electron chi connectivity index (χ1n) is 13.8. The first kappa shape index (κ1) is 21.9. The fraction of sp³-hybridized carbons (Fsp3) is 0.581. The predicted molar refractivity (Wildman–Crippen MR) is 141 cm³/mol. The van der Waals surface area contributed by atoms with E-state index in [9.17, 15) is 4.79 Å². The third-order valence-electron chi connectivity index (χ3n) is 10.3. The van der Waals surface area contributed by atoms with Crippen molar-refractivity contribution in [3.8, 4) is 0 Å². The van der Waals surface area contributed by atoms with Crippen LogP contribution in [0.3, 0.4) is 0 Å². The SMILES string of the molecule is Cc1ccc(C23C[C@H]4C[C@@H](CC(NC(=O)N5c6ccc(C)cc6[C@H]6CN(C)CC[C@H]65)(C4)C2)C3)cc1. The van der Waals surface area contributed by atoms with E-state index >= 15 is 0 Å². The van der Waals surface area contributed by atoms with Gasteiger partial charge in [-0.05, 0) is 107 Å². The molecular formula is C31H39N3O. The van der Waals surface area contributed by atoms with Crippen LogP contribution in [-0.4, -0.2) is 42.6 Å². The van der Waals surface area contributed by atoms with E-state index in [0.717, 1.165) is 56.3 Å². The molecule has 4 bridgehead atoms. The van der Waals surface area contributed by atoms with Gasteiger partial charge < -0.3 is 10.2 Å². The van der Waals surface area contributed by atoms with E-state index in [0.29, 0.717) is 5.92 Å². The zero-order chi connectivity index (χ0) is 23.9. The molecule has 2 amide bonds. The van der Waals surface area contributed by atoms with E-state index in [2.05, 4.69) is 78.5 Å². The van der Waals surface area contributed by atoms with Crippen LogP contribution < -0.4 is 10.2 Å². The number of hydrogen-bond acceptors (Lipinski definition) is 2. The van der Waals surface area contributed by atoms with Crippen molar-refractivity contribution in [2.45, 2.75) is 81.7 Å². The van der Waals surface area contributed by atoms with Crippen molar-refractivity contribution in [1.82, 2.24) is 10.2 Å². The van der Waals surface area contributed by atoms with Gasteiger partial charge in [-0.15, -0.1) is 0 Å². The Hall–Kier alpha value is -2.33. The second kappa shape index (κ2) is 7.59. The van der Waals surface area contributed by atoms with Gasteiger partial charge in [0, 0.05) is 29.7 Å². The standard InChI is InChI=1S/C31H39N3O/c1-20-4-7-24(8-5-20)30-14-22-13-23(15-30)17-31(16-22,19-30)32-29(35)34-27-9-6-21(2)12-25(27)26-18-33(3)11-10-28(26)34/h4-9,12,22-23,26,28H,10-11,13-19H2,1-3H3,(H,32,35)/t22-,23-,26-,28-,30?,31?/m1/s1. The number of benzene rings is 2. The molecule has 8 rings (SSSR count). The number of urea groups is 1. The molecule has 2 aliphatic heterocycles. The number of carbonyl (C=O) groups is 1. The van der Waals surface area contributed by atoms with Gasteiger partial charge in [-0.25, -0.2) is 4.79 Å². The van der Waals surface area contributed by atoms with Crippen LogP contribution >= 0.6 is 0 Å². The third kappa shape index (κ3) is 3.39. The van der Waals surface area contributed by atoms with Crippen LogP contribution in [0.5, 0.6) is 0 Å². The Labute approximate surface area is 210 Å². The van der Waals surface area contributed by atoms with Gasteiger partial charge in [-0.1, -0.05) is 47.5 Å². The molecule has 0 unspecified atom stereocenters. The highest BCUT2D eigenvalue weighted by Gasteiger charge is 2.59. The average Bonchev–Trinajstić information content (AvgIpc) is 3.11. The molecule has 6 aliphatic rings. The minimum absolute atomic E-state index is 0.0551. The lowest BCUT2D eigenvalue weighted by atomic mass is 9.45. The number of nitrogens with one attached hydrogen (secondary N) is 1. The molecule has 2 heterocycles. The second-order valence-corrected chi connectivity index (χ2v) is 13.0. The number of nitrogens with zero attached hydrogens (tertiary/aromatic N) is 2. The Morgan fingerprint density at radius 2 is 1.69 bits per heavy atom. The largest absolute Gasteiger partial charge is 0.332 e. The van der Waals surface area contributed by atoms with Gasteiger partial charge in [0.05, 0.1) is 0 Å². The Balaban J connectivity index is 1.21. The lowest BCUT2D eigenvalue weighted by Crippen LogP contribution is -2.66. The molecule has 4 aliphatic carbocycles. The van der Waals surface area contributed by atoms with Crippen LogP contribution in [0.15, 0.2) is 42.5 Å². The Morgan fingerprint density at radius 1 is 0.971 bits per heavy atom. The topological polar surface area (TPSA) is 35.6 Å². The number of amides is 2. The summed E-state index contributed by atoms with van der Waals surface area (Å²) in [4.78, 5) is 18.8. The molecule has 0 spiro atoms. The van der Waals surface area contributed by atoms with Crippen molar-refractivity contribution in [2.24, 2.45) is 11.8 Å². The maximum absolute atomic E-state index is 14.2. The molecule has 4 saturated carbocycles. The maximum atomic E-state index is 14.2. The summed E-state index contributed by atoms with van der Waals surface area (Å²) in [6, 6.07) is 16.5. The number of aryl methyl sites for hydroxylation is 2. The molecule has 184 valence electrons. The molecular weight excluding hydrogens is 430 g/mol. The third-order valence-corrected chi connectivity index (χ3v) is 10.3. The molecule has 2 aromatic carbocycles. The van der Waals surface area contributed by atoms with Gasteiger partial charge in [0.15, 0.2) is 0 Å². The smallest absolute Gasteiger partial charge is 0.322 e. The van der Waals surface area contributed by atoms with Crippen molar-refractivity contribution in [2.75, 3.05) is 25.0 Å². The molecule has 4 nitrogen and oxygen atoms in total. The van der Waals surface area contributed by atoms with Crippen molar-refractivity contribution in [3.63, 3.8) is 0 Å². The fourth-order valence-corrected chi connectivity index (χ4v) is 9.29. The molecule has 35 heavy (non-hydrogen) atoms. The Morgan fingerprint density at radius 3 is 2.43 bits per heavy atom. The van der Waals surface area contributed by atoms with E-state index in [1.165, 1.54) is 41.5 Å². The van der Waals surface area contributed by atoms with Gasteiger partial charge >= 0.3 is 6.03 Å². The lowest BCUT2D eigenvalue weighted by molar-refractivity contribution is -0.0347. The highest BCUT2D eigenvalue weighted by molar-refractivity contribution is 5.96.